The molecule has 76 valence electrons. The van der Waals surface area contributed by atoms with Crippen LogP contribution in [0.15, 0.2) is 22.7 Å². The van der Waals surface area contributed by atoms with Crippen molar-refractivity contribution in [3.63, 3.8) is 0 Å². The largest absolute Gasteiger partial charge is 0.351 e. The second kappa shape index (κ2) is 5.37. The van der Waals surface area contributed by atoms with E-state index < -0.39 is 0 Å². The van der Waals surface area contributed by atoms with E-state index in [0.717, 1.165) is 15.6 Å². The molecule has 0 aliphatic rings. The molecule has 0 spiro atoms. The van der Waals surface area contributed by atoms with Gasteiger partial charge in [-0.1, -0.05) is 28.1 Å². The van der Waals surface area contributed by atoms with Crippen LogP contribution in [0.25, 0.3) is 0 Å². The van der Waals surface area contributed by atoms with Gasteiger partial charge in [-0.25, -0.2) is 0 Å². The van der Waals surface area contributed by atoms with Gasteiger partial charge in [-0.3, -0.25) is 4.79 Å². The molecule has 0 heterocycles. The Morgan fingerprint density at radius 3 is 2.86 bits per heavy atom. The molecule has 1 amide bonds. The molecule has 0 aliphatic carbocycles. The molecule has 0 fully saturated rings. The number of carbonyl (C=O) groups excluding carboxylic acids is 1. The van der Waals surface area contributed by atoms with E-state index in [1.807, 2.05) is 25.1 Å². The van der Waals surface area contributed by atoms with E-state index in [2.05, 4.69) is 21.2 Å². The zero-order valence-electron chi connectivity index (χ0n) is 7.81. The number of amides is 1. The highest BCUT2D eigenvalue weighted by molar-refractivity contribution is 9.10. The number of carbonyl (C=O) groups is 1. The molecule has 0 aliphatic heterocycles. The Bertz CT molecular complexity index is 321. The fourth-order valence-corrected chi connectivity index (χ4v) is 1.82. The Morgan fingerprint density at radius 2 is 2.29 bits per heavy atom. The molecule has 1 aromatic carbocycles. The summed E-state index contributed by atoms with van der Waals surface area (Å²) in [6, 6.07) is 5.93. The van der Waals surface area contributed by atoms with Gasteiger partial charge in [0.2, 0.25) is 5.91 Å². The van der Waals surface area contributed by atoms with Crippen LogP contribution in [0, 0.1) is 6.92 Å². The van der Waals surface area contributed by atoms with Gasteiger partial charge < -0.3 is 5.32 Å². The molecule has 4 heteroatoms. The van der Waals surface area contributed by atoms with Crippen LogP contribution >= 0.6 is 27.5 Å². The minimum absolute atomic E-state index is 0.00347. The lowest BCUT2D eigenvalue weighted by Gasteiger charge is -2.08. The number of alkyl halides is 1. The van der Waals surface area contributed by atoms with E-state index in [0.29, 0.717) is 6.54 Å². The van der Waals surface area contributed by atoms with Gasteiger partial charge in [0.05, 0.1) is 0 Å². The van der Waals surface area contributed by atoms with Crippen molar-refractivity contribution < 1.29 is 4.79 Å². The van der Waals surface area contributed by atoms with Crippen LogP contribution in [0.2, 0.25) is 0 Å². The topological polar surface area (TPSA) is 29.1 Å². The average Bonchev–Trinajstić information content (AvgIpc) is 2.16. The van der Waals surface area contributed by atoms with E-state index in [4.69, 9.17) is 11.6 Å². The third-order valence-electron chi connectivity index (χ3n) is 1.94. The van der Waals surface area contributed by atoms with Crippen LogP contribution < -0.4 is 5.32 Å². The normalized spacial score (nSPS) is 9.93. The molecule has 0 saturated carbocycles. The molecule has 0 saturated heterocycles. The lowest BCUT2D eigenvalue weighted by atomic mass is 10.1. The summed E-state index contributed by atoms with van der Waals surface area (Å²) in [5.41, 5.74) is 2.24. The summed E-state index contributed by atoms with van der Waals surface area (Å²) >= 11 is 8.81. The summed E-state index contributed by atoms with van der Waals surface area (Å²) in [7, 11) is 0. The standard InChI is InChI=1S/C10H11BrClNO/c1-7-3-2-4-9(11)8(7)6-13-10(14)5-12/h2-4H,5-6H2,1H3,(H,13,14). The quantitative estimate of drug-likeness (QED) is 0.845. The van der Waals surface area contributed by atoms with Crippen molar-refractivity contribution in [2.24, 2.45) is 0 Å². The van der Waals surface area contributed by atoms with E-state index in [-0.39, 0.29) is 11.8 Å². The molecule has 14 heavy (non-hydrogen) atoms. The Morgan fingerprint density at radius 1 is 1.57 bits per heavy atom. The van der Waals surface area contributed by atoms with Crippen LogP contribution in [0.1, 0.15) is 11.1 Å². The highest BCUT2D eigenvalue weighted by Crippen LogP contribution is 2.19. The maximum Gasteiger partial charge on any atom is 0.235 e. The first kappa shape index (κ1) is 11.5. The van der Waals surface area contributed by atoms with Crippen LogP contribution in [0.4, 0.5) is 0 Å². The van der Waals surface area contributed by atoms with Crippen molar-refractivity contribution in [2.45, 2.75) is 13.5 Å². The number of aryl methyl sites for hydroxylation is 1. The van der Waals surface area contributed by atoms with Gasteiger partial charge in [0.25, 0.3) is 0 Å². The molecular formula is C10H11BrClNO. The van der Waals surface area contributed by atoms with Crippen molar-refractivity contribution in [2.75, 3.05) is 5.88 Å². The van der Waals surface area contributed by atoms with E-state index in [1.54, 1.807) is 0 Å². The first-order valence-electron chi connectivity index (χ1n) is 4.22. The summed E-state index contributed by atoms with van der Waals surface area (Å²) in [5, 5.41) is 2.73. The van der Waals surface area contributed by atoms with E-state index in [1.165, 1.54) is 0 Å². The first-order valence-corrected chi connectivity index (χ1v) is 5.54. The number of benzene rings is 1. The van der Waals surface area contributed by atoms with Gasteiger partial charge >= 0.3 is 0 Å². The van der Waals surface area contributed by atoms with Gasteiger partial charge in [0, 0.05) is 11.0 Å². The fraction of sp³-hybridized carbons (Fsp3) is 0.300. The third-order valence-corrected chi connectivity index (χ3v) is 2.92. The fourth-order valence-electron chi connectivity index (χ4n) is 1.12. The van der Waals surface area contributed by atoms with Crippen molar-refractivity contribution in [3.8, 4) is 0 Å². The summed E-state index contributed by atoms with van der Waals surface area (Å²) in [6.07, 6.45) is 0. The zero-order chi connectivity index (χ0) is 10.6. The van der Waals surface area contributed by atoms with Crippen molar-refractivity contribution in [1.82, 2.24) is 5.32 Å². The van der Waals surface area contributed by atoms with Gasteiger partial charge in [0.1, 0.15) is 5.88 Å². The Balaban J connectivity index is 2.71. The SMILES string of the molecule is Cc1cccc(Br)c1CNC(=O)CCl. The molecule has 0 unspecified atom stereocenters. The number of rotatable bonds is 3. The molecule has 0 atom stereocenters. The molecule has 0 aromatic heterocycles. The molecule has 1 aromatic rings. The Kier molecular flexibility index (Phi) is 4.42. The number of nitrogens with one attached hydrogen (secondary N) is 1. The lowest BCUT2D eigenvalue weighted by Crippen LogP contribution is -2.24. The van der Waals surface area contributed by atoms with Crippen molar-refractivity contribution in [1.29, 1.82) is 0 Å². The van der Waals surface area contributed by atoms with Crippen molar-refractivity contribution >= 4 is 33.4 Å². The summed E-state index contributed by atoms with van der Waals surface area (Å²) in [6.45, 7) is 2.52. The molecule has 0 bridgehead atoms. The number of hydrogen-bond acceptors (Lipinski definition) is 1. The van der Waals surface area contributed by atoms with Gasteiger partial charge in [0.15, 0.2) is 0 Å². The van der Waals surface area contributed by atoms with Gasteiger partial charge in [-0.2, -0.15) is 0 Å². The number of halogens is 2. The molecule has 1 rings (SSSR count). The van der Waals surface area contributed by atoms with Crippen molar-refractivity contribution in [3.05, 3.63) is 33.8 Å². The van der Waals surface area contributed by atoms with Gasteiger partial charge in [-0.15, -0.1) is 11.6 Å². The third kappa shape index (κ3) is 3.00. The summed E-state index contributed by atoms with van der Waals surface area (Å²) < 4.78 is 1.01. The summed E-state index contributed by atoms with van der Waals surface area (Å²) in [5.74, 6) is -0.148. The smallest absolute Gasteiger partial charge is 0.235 e. The Hall–Kier alpha value is -0.540. The predicted octanol–water partition coefficient (Wildman–Crippen LogP) is 2.61. The maximum atomic E-state index is 10.9. The predicted molar refractivity (Wildman–Crippen MR) is 61.4 cm³/mol. The Labute approximate surface area is 96.8 Å². The lowest BCUT2D eigenvalue weighted by molar-refractivity contribution is -0.118. The van der Waals surface area contributed by atoms with E-state index >= 15 is 0 Å². The molecule has 2 nitrogen and oxygen atoms in total. The van der Waals surface area contributed by atoms with Gasteiger partial charge in [-0.05, 0) is 24.1 Å². The van der Waals surface area contributed by atoms with Crippen LogP contribution in [0.3, 0.4) is 0 Å². The second-order valence-corrected chi connectivity index (χ2v) is 4.07. The summed E-state index contributed by atoms with van der Waals surface area (Å²) in [4.78, 5) is 10.9. The maximum absolute atomic E-state index is 10.9. The highest BCUT2D eigenvalue weighted by atomic mass is 79.9. The minimum atomic E-state index is -0.151. The molecular weight excluding hydrogens is 265 g/mol. The monoisotopic (exact) mass is 275 g/mol. The minimum Gasteiger partial charge on any atom is -0.351 e. The average molecular weight is 277 g/mol. The van der Waals surface area contributed by atoms with Crippen LogP contribution in [-0.4, -0.2) is 11.8 Å². The van der Waals surface area contributed by atoms with Crippen LogP contribution in [0.5, 0.6) is 0 Å². The second-order valence-electron chi connectivity index (χ2n) is 2.95. The van der Waals surface area contributed by atoms with E-state index in [9.17, 15) is 4.79 Å². The first-order chi connectivity index (χ1) is 6.65. The van der Waals surface area contributed by atoms with Crippen LogP contribution in [-0.2, 0) is 11.3 Å². The molecule has 1 N–H and O–H groups in total. The number of hydrogen-bond donors (Lipinski definition) is 1. The highest BCUT2D eigenvalue weighted by Gasteiger charge is 2.04. The zero-order valence-corrected chi connectivity index (χ0v) is 10.2. The molecule has 0 radical (unpaired) electrons.